The van der Waals surface area contributed by atoms with Crippen LogP contribution in [0.4, 0.5) is 10.1 Å². The highest BCUT2D eigenvalue weighted by atomic mass is 32.1. The summed E-state index contributed by atoms with van der Waals surface area (Å²) in [6.07, 6.45) is 0. The molecular weight excluding hydrogens is 391 g/mol. The molecule has 1 fully saturated rings. The van der Waals surface area contributed by atoms with Crippen molar-refractivity contribution in [2.24, 2.45) is 0 Å². The van der Waals surface area contributed by atoms with Gasteiger partial charge in [-0.2, -0.15) is 0 Å². The molecule has 29 heavy (non-hydrogen) atoms. The van der Waals surface area contributed by atoms with Gasteiger partial charge in [-0.25, -0.2) is 4.39 Å². The summed E-state index contributed by atoms with van der Waals surface area (Å²) in [5, 5.41) is 4.76. The molecule has 0 spiro atoms. The van der Waals surface area contributed by atoms with Crippen LogP contribution in [0.15, 0.2) is 41.8 Å². The first-order valence-electron chi connectivity index (χ1n) is 9.83. The molecule has 8 heteroatoms. The van der Waals surface area contributed by atoms with Crippen LogP contribution in [0.25, 0.3) is 0 Å². The zero-order chi connectivity index (χ0) is 20.6. The summed E-state index contributed by atoms with van der Waals surface area (Å²) in [5.41, 5.74) is 0.453. The normalized spacial score (nSPS) is 14.9. The van der Waals surface area contributed by atoms with E-state index in [4.69, 9.17) is 0 Å². The largest absolute Gasteiger partial charge is 0.339 e. The summed E-state index contributed by atoms with van der Waals surface area (Å²) in [5.74, 6) is -0.425. The monoisotopic (exact) mass is 418 g/mol. The van der Waals surface area contributed by atoms with Crippen LogP contribution < -0.4 is 5.32 Å². The van der Waals surface area contributed by atoms with Gasteiger partial charge in [-0.15, -0.1) is 11.3 Å². The molecule has 1 N–H and O–H groups in total. The van der Waals surface area contributed by atoms with Crippen LogP contribution in [0.2, 0.25) is 0 Å². The standard InChI is InChI=1S/C21H27FN4O2S/c1-2-24(14-19-7-4-12-29-19)16-21(28)26-10-8-25(9-11-26)15-20(27)23-18-6-3-5-17(22)13-18/h3-7,12-13H,2,8-11,14-16H2,1H3,(H,23,27). The molecule has 1 saturated heterocycles. The fourth-order valence-electron chi connectivity index (χ4n) is 3.32. The van der Waals surface area contributed by atoms with Crippen LogP contribution >= 0.6 is 11.3 Å². The Balaban J connectivity index is 1.41. The Kier molecular flexibility index (Phi) is 7.74. The van der Waals surface area contributed by atoms with Crippen molar-refractivity contribution in [3.63, 3.8) is 0 Å². The molecule has 2 aromatic rings. The second-order valence-corrected chi connectivity index (χ2v) is 8.13. The third kappa shape index (κ3) is 6.62. The number of hydrogen-bond acceptors (Lipinski definition) is 5. The molecular formula is C21H27FN4O2S. The van der Waals surface area contributed by atoms with E-state index in [2.05, 4.69) is 28.6 Å². The number of nitrogens with zero attached hydrogens (tertiary/aromatic N) is 3. The molecule has 2 amide bonds. The average molecular weight is 419 g/mol. The number of nitrogens with one attached hydrogen (secondary N) is 1. The van der Waals surface area contributed by atoms with Gasteiger partial charge >= 0.3 is 0 Å². The highest BCUT2D eigenvalue weighted by molar-refractivity contribution is 7.09. The van der Waals surface area contributed by atoms with Crippen molar-refractivity contribution in [3.05, 3.63) is 52.5 Å². The van der Waals surface area contributed by atoms with Crippen LogP contribution in [-0.4, -0.2) is 72.3 Å². The zero-order valence-electron chi connectivity index (χ0n) is 16.6. The van der Waals surface area contributed by atoms with Gasteiger partial charge in [-0.3, -0.25) is 19.4 Å². The number of halogens is 1. The lowest BCUT2D eigenvalue weighted by molar-refractivity contribution is -0.134. The van der Waals surface area contributed by atoms with Crippen molar-refractivity contribution in [2.45, 2.75) is 13.5 Å². The van der Waals surface area contributed by atoms with Gasteiger partial charge in [-0.05, 0) is 36.2 Å². The Bertz CT molecular complexity index is 807. The van der Waals surface area contributed by atoms with E-state index in [1.165, 1.54) is 17.0 Å². The Morgan fingerprint density at radius 3 is 2.62 bits per heavy atom. The minimum atomic E-state index is -0.380. The van der Waals surface area contributed by atoms with Crippen molar-refractivity contribution in [2.75, 3.05) is 51.1 Å². The molecule has 3 rings (SSSR count). The van der Waals surface area contributed by atoms with Gasteiger partial charge in [0.25, 0.3) is 0 Å². The topological polar surface area (TPSA) is 55.9 Å². The van der Waals surface area contributed by atoms with Crippen LogP contribution in [0.1, 0.15) is 11.8 Å². The summed E-state index contributed by atoms with van der Waals surface area (Å²) in [6.45, 7) is 6.86. The molecule has 1 aliphatic rings. The van der Waals surface area contributed by atoms with E-state index in [1.54, 1.807) is 23.5 Å². The maximum atomic E-state index is 13.2. The van der Waals surface area contributed by atoms with Crippen LogP contribution in [-0.2, 0) is 16.1 Å². The molecule has 0 radical (unpaired) electrons. The lowest BCUT2D eigenvalue weighted by Crippen LogP contribution is -2.52. The molecule has 2 heterocycles. The summed E-state index contributed by atoms with van der Waals surface area (Å²) in [4.78, 5) is 32.1. The lowest BCUT2D eigenvalue weighted by Gasteiger charge is -2.35. The zero-order valence-corrected chi connectivity index (χ0v) is 17.5. The average Bonchev–Trinajstić information content (AvgIpc) is 3.21. The Labute approximate surface area is 174 Å². The number of rotatable bonds is 8. The second-order valence-electron chi connectivity index (χ2n) is 7.10. The quantitative estimate of drug-likeness (QED) is 0.716. The maximum Gasteiger partial charge on any atom is 0.238 e. The highest BCUT2D eigenvalue weighted by Crippen LogP contribution is 2.13. The lowest BCUT2D eigenvalue weighted by atomic mass is 10.2. The predicted molar refractivity (Wildman–Crippen MR) is 113 cm³/mol. The van der Waals surface area contributed by atoms with E-state index < -0.39 is 0 Å². The molecule has 0 bridgehead atoms. The Morgan fingerprint density at radius 1 is 1.17 bits per heavy atom. The van der Waals surface area contributed by atoms with E-state index in [9.17, 15) is 14.0 Å². The van der Waals surface area contributed by atoms with E-state index in [1.807, 2.05) is 15.9 Å². The Morgan fingerprint density at radius 2 is 1.97 bits per heavy atom. The minimum absolute atomic E-state index is 0.132. The van der Waals surface area contributed by atoms with Gasteiger partial charge in [0.2, 0.25) is 11.8 Å². The first-order chi connectivity index (χ1) is 14.0. The van der Waals surface area contributed by atoms with Gasteiger partial charge in [0.15, 0.2) is 0 Å². The summed E-state index contributed by atoms with van der Waals surface area (Å²) < 4.78 is 13.2. The van der Waals surface area contributed by atoms with Crippen molar-refractivity contribution in [1.29, 1.82) is 0 Å². The summed E-state index contributed by atoms with van der Waals surface area (Å²) in [7, 11) is 0. The van der Waals surface area contributed by atoms with Gasteiger partial charge in [-0.1, -0.05) is 19.1 Å². The van der Waals surface area contributed by atoms with E-state index in [0.29, 0.717) is 38.4 Å². The second kappa shape index (κ2) is 10.5. The number of anilines is 1. The van der Waals surface area contributed by atoms with Crippen molar-refractivity contribution in [3.8, 4) is 0 Å². The smallest absolute Gasteiger partial charge is 0.238 e. The molecule has 0 atom stereocenters. The van der Waals surface area contributed by atoms with Gasteiger partial charge < -0.3 is 10.2 Å². The molecule has 0 saturated carbocycles. The summed E-state index contributed by atoms with van der Waals surface area (Å²) in [6, 6.07) is 9.97. The Hall–Kier alpha value is -2.29. The van der Waals surface area contributed by atoms with Crippen LogP contribution in [0.3, 0.4) is 0 Å². The van der Waals surface area contributed by atoms with Crippen molar-refractivity contribution in [1.82, 2.24) is 14.7 Å². The number of hydrogen-bond donors (Lipinski definition) is 1. The maximum absolute atomic E-state index is 13.2. The molecule has 156 valence electrons. The first-order valence-corrected chi connectivity index (χ1v) is 10.7. The van der Waals surface area contributed by atoms with Gasteiger partial charge in [0.05, 0.1) is 13.1 Å². The molecule has 0 aliphatic carbocycles. The highest BCUT2D eigenvalue weighted by Gasteiger charge is 2.23. The fraction of sp³-hybridized carbons (Fsp3) is 0.429. The number of carbonyl (C=O) groups excluding carboxylic acids is 2. The minimum Gasteiger partial charge on any atom is -0.339 e. The fourth-order valence-corrected chi connectivity index (χ4v) is 4.07. The van der Waals surface area contributed by atoms with Gasteiger partial charge in [0.1, 0.15) is 5.82 Å². The van der Waals surface area contributed by atoms with Crippen molar-refractivity contribution < 1.29 is 14.0 Å². The molecule has 0 unspecified atom stereocenters. The van der Waals surface area contributed by atoms with Crippen LogP contribution in [0, 0.1) is 5.82 Å². The molecule has 6 nitrogen and oxygen atoms in total. The number of amides is 2. The van der Waals surface area contributed by atoms with Crippen LogP contribution in [0.5, 0.6) is 0 Å². The number of carbonyl (C=O) groups is 2. The third-order valence-corrected chi connectivity index (χ3v) is 5.83. The molecule has 1 aromatic heterocycles. The van der Waals surface area contributed by atoms with E-state index >= 15 is 0 Å². The van der Waals surface area contributed by atoms with Crippen molar-refractivity contribution >= 4 is 28.8 Å². The van der Waals surface area contributed by atoms with E-state index in [-0.39, 0.29) is 24.2 Å². The number of likely N-dealkylation sites (N-methyl/N-ethyl adjacent to an activating group) is 1. The molecule has 1 aromatic carbocycles. The van der Waals surface area contributed by atoms with Gasteiger partial charge in [0, 0.05) is 43.3 Å². The first kappa shape index (κ1) is 21.4. The summed E-state index contributed by atoms with van der Waals surface area (Å²) >= 11 is 1.70. The van der Waals surface area contributed by atoms with E-state index in [0.717, 1.165) is 13.1 Å². The molecule has 1 aliphatic heterocycles. The number of benzene rings is 1. The number of thiophene rings is 1. The number of piperazine rings is 1. The predicted octanol–water partition coefficient (Wildman–Crippen LogP) is 2.49. The third-order valence-electron chi connectivity index (χ3n) is 4.97. The SMILES string of the molecule is CCN(CC(=O)N1CCN(CC(=O)Nc2cccc(F)c2)CC1)Cc1cccs1.